The number of carbonyl (C=O) groups excluding carboxylic acids is 2. The van der Waals surface area contributed by atoms with E-state index in [1.165, 1.54) is 0 Å². The third kappa shape index (κ3) is 4.10. The Morgan fingerprint density at radius 1 is 1.27 bits per heavy atom. The molecule has 2 amide bonds. The third-order valence-corrected chi connectivity index (χ3v) is 7.11. The van der Waals surface area contributed by atoms with Crippen molar-refractivity contribution in [2.75, 3.05) is 50.9 Å². The summed E-state index contributed by atoms with van der Waals surface area (Å²) in [4.78, 5) is 36.7. The molecular formula is C23H31ClN4O5. The molecule has 3 fully saturated rings. The van der Waals surface area contributed by atoms with Crippen molar-refractivity contribution >= 4 is 29.4 Å². The van der Waals surface area contributed by atoms with E-state index in [0.717, 1.165) is 19.3 Å². The number of fused-ring (bicyclic) bond motifs is 2. The van der Waals surface area contributed by atoms with Crippen molar-refractivity contribution in [2.24, 2.45) is 0 Å². The lowest BCUT2D eigenvalue weighted by Crippen LogP contribution is -2.62. The van der Waals surface area contributed by atoms with Crippen LogP contribution in [0.1, 0.15) is 50.4 Å². The zero-order valence-electron chi connectivity index (χ0n) is 19.4. The molecule has 1 spiro atoms. The molecule has 1 aromatic rings. The maximum Gasteiger partial charge on any atom is 0.410 e. The van der Waals surface area contributed by atoms with Gasteiger partial charge >= 0.3 is 6.09 Å². The Kier molecular flexibility index (Phi) is 5.60. The van der Waals surface area contributed by atoms with Crippen LogP contribution in [-0.2, 0) is 9.47 Å². The molecule has 1 aromatic heterocycles. The van der Waals surface area contributed by atoms with Gasteiger partial charge in [0.2, 0.25) is 0 Å². The molecule has 4 aliphatic rings. The first-order chi connectivity index (χ1) is 15.7. The normalized spacial score (nSPS) is 24.4. The lowest BCUT2D eigenvalue weighted by atomic mass is 9.75. The molecule has 5 rings (SSSR count). The number of piperazine rings is 1. The number of halogens is 1. The molecule has 0 aromatic carbocycles. The first-order valence-electron chi connectivity index (χ1n) is 11.6. The molecular weight excluding hydrogens is 448 g/mol. The van der Waals surface area contributed by atoms with Crippen molar-refractivity contribution in [1.82, 2.24) is 14.8 Å². The second kappa shape index (κ2) is 8.20. The van der Waals surface area contributed by atoms with Crippen molar-refractivity contribution < 1.29 is 23.8 Å². The van der Waals surface area contributed by atoms with Gasteiger partial charge in [0.25, 0.3) is 5.91 Å². The van der Waals surface area contributed by atoms with Crippen LogP contribution >= 0.6 is 11.6 Å². The Bertz CT molecular complexity index is 961. The molecule has 0 unspecified atom stereocenters. The second-order valence-corrected chi connectivity index (χ2v) is 10.7. The average Bonchev–Trinajstić information content (AvgIpc) is 2.87. The van der Waals surface area contributed by atoms with Crippen LogP contribution < -0.4 is 9.64 Å². The van der Waals surface area contributed by atoms with Crippen LogP contribution in [0.15, 0.2) is 6.07 Å². The number of rotatable bonds is 1. The van der Waals surface area contributed by atoms with Crippen molar-refractivity contribution in [1.29, 1.82) is 0 Å². The van der Waals surface area contributed by atoms with E-state index in [1.807, 2.05) is 20.8 Å². The van der Waals surface area contributed by atoms with Gasteiger partial charge in [0.15, 0.2) is 0 Å². The maximum absolute atomic E-state index is 13.8. The molecule has 4 heterocycles. The van der Waals surface area contributed by atoms with Gasteiger partial charge in [0, 0.05) is 32.2 Å². The van der Waals surface area contributed by atoms with Gasteiger partial charge in [-0.05, 0) is 40.0 Å². The fourth-order valence-corrected chi connectivity index (χ4v) is 5.32. The van der Waals surface area contributed by atoms with E-state index in [1.54, 1.807) is 15.9 Å². The summed E-state index contributed by atoms with van der Waals surface area (Å²) < 4.78 is 17.4. The van der Waals surface area contributed by atoms with Crippen molar-refractivity contribution in [3.05, 3.63) is 16.8 Å². The summed E-state index contributed by atoms with van der Waals surface area (Å²) in [6, 6.07) is 1.34. The zero-order valence-corrected chi connectivity index (χ0v) is 20.2. The smallest absolute Gasteiger partial charge is 0.410 e. The van der Waals surface area contributed by atoms with E-state index in [9.17, 15) is 9.59 Å². The van der Waals surface area contributed by atoms with Crippen LogP contribution in [-0.4, -0.2) is 90.0 Å². The number of nitrogens with zero attached hydrogens (tertiary/aromatic N) is 4. The van der Waals surface area contributed by atoms with Gasteiger partial charge in [-0.3, -0.25) is 4.79 Å². The highest BCUT2D eigenvalue weighted by molar-refractivity contribution is 6.30. The quantitative estimate of drug-likeness (QED) is 0.574. The number of anilines is 1. The maximum atomic E-state index is 13.8. The van der Waals surface area contributed by atoms with E-state index in [0.29, 0.717) is 61.7 Å². The summed E-state index contributed by atoms with van der Waals surface area (Å²) in [5.74, 6) is 0.909. The Morgan fingerprint density at radius 2 is 2.06 bits per heavy atom. The predicted octanol–water partition coefficient (Wildman–Crippen LogP) is 2.95. The molecule has 3 aliphatic heterocycles. The fraction of sp³-hybridized carbons (Fsp3) is 0.696. The minimum atomic E-state index is -0.576. The van der Waals surface area contributed by atoms with Gasteiger partial charge in [-0.2, -0.15) is 0 Å². The molecule has 0 N–H and O–H groups in total. The van der Waals surface area contributed by atoms with E-state index in [-0.39, 0.29) is 30.2 Å². The van der Waals surface area contributed by atoms with Crippen LogP contribution in [0.2, 0.25) is 5.15 Å². The zero-order chi connectivity index (χ0) is 23.4. The van der Waals surface area contributed by atoms with E-state index in [2.05, 4.69) is 9.88 Å². The SMILES string of the molecule is CC(C)(C)OC(=O)N1CCN2C(=O)c3c(cc(Cl)nc3N3CCOCC34CCC4)OC[C@H]2C1. The van der Waals surface area contributed by atoms with E-state index >= 15 is 0 Å². The summed E-state index contributed by atoms with van der Waals surface area (Å²) >= 11 is 6.39. The minimum absolute atomic E-state index is 0.128. The summed E-state index contributed by atoms with van der Waals surface area (Å²) in [5, 5.41) is 0.299. The van der Waals surface area contributed by atoms with Gasteiger partial charge in [0.1, 0.15) is 34.5 Å². The van der Waals surface area contributed by atoms with Crippen LogP contribution in [0.25, 0.3) is 0 Å². The first-order valence-corrected chi connectivity index (χ1v) is 12.0. The lowest BCUT2D eigenvalue weighted by molar-refractivity contribution is 0.000869. The molecule has 1 aliphatic carbocycles. The molecule has 33 heavy (non-hydrogen) atoms. The number of ether oxygens (including phenoxy) is 3. The highest BCUT2D eigenvalue weighted by Crippen LogP contribution is 2.45. The van der Waals surface area contributed by atoms with Crippen LogP contribution in [0.4, 0.5) is 10.6 Å². The lowest BCUT2D eigenvalue weighted by Gasteiger charge is -2.53. The predicted molar refractivity (Wildman–Crippen MR) is 122 cm³/mol. The largest absolute Gasteiger partial charge is 0.490 e. The van der Waals surface area contributed by atoms with Gasteiger partial charge in [-0.1, -0.05) is 11.6 Å². The van der Waals surface area contributed by atoms with Crippen molar-refractivity contribution in [2.45, 2.75) is 57.2 Å². The Balaban J connectivity index is 1.44. The van der Waals surface area contributed by atoms with Gasteiger partial charge in [-0.15, -0.1) is 0 Å². The number of hydrogen-bond acceptors (Lipinski definition) is 7. The molecule has 10 heteroatoms. The van der Waals surface area contributed by atoms with Crippen molar-refractivity contribution in [3.63, 3.8) is 0 Å². The van der Waals surface area contributed by atoms with Gasteiger partial charge < -0.3 is 28.9 Å². The Hall–Kier alpha value is -2.26. The molecule has 2 saturated heterocycles. The fourth-order valence-electron chi connectivity index (χ4n) is 5.14. The first kappa shape index (κ1) is 22.5. The number of carbonyl (C=O) groups is 2. The minimum Gasteiger partial charge on any atom is -0.490 e. The number of aromatic nitrogens is 1. The second-order valence-electron chi connectivity index (χ2n) is 10.3. The average molecular weight is 479 g/mol. The summed E-state index contributed by atoms with van der Waals surface area (Å²) in [7, 11) is 0. The number of morpholine rings is 1. The van der Waals surface area contributed by atoms with Crippen molar-refractivity contribution in [3.8, 4) is 5.75 Å². The molecule has 0 radical (unpaired) electrons. The number of amides is 2. The van der Waals surface area contributed by atoms with E-state index in [4.69, 9.17) is 25.8 Å². The standard InChI is InChI=1S/C23H31ClN4O5/c1-22(2,3)33-21(30)26-7-8-27-15(12-26)13-32-16-11-17(24)25-19(18(16)20(27)29)28-9-10-31-14-23(28)5-4-6-23/h11,15H,4-10,12-14H2,1-3H3/t15-/m1/s1. The van der Waals surface area contributed by atoms with Crippen LogP contribution in [0, 0.1) is 0 Å². The summed E-state index contributed by atoms with van der Waals surface area (Å²) in [6.45, 7) is 8.82. The highest BCUT2D eigenvalue weighted by atomic mass is 35.5. The van der Waals surface area contributed by atoms with Gasteiger partial charge in [-0.25, -0.2) is 9.78 Å². The molecule has 9 nitrogen and oxygen atoms in total. The number of hydrogen-bond donors (Lipinski definition) is 0. The van der Waals surface area contributed by atoms with Crippen LogP contribution in [0.5, 0.6) is 5.75 Å². The van der Waals surface area contributed by atoms with Crippen LogP contribution in [0.3, 0.4) is 0 Å². The molecule has 1 atom stereocenters. The summed E-state index contributed by atoms with van der Waals surface area (Å²) in [6.07, 6.45) is 2.76. The number of pyridine rings is 1. The Labute approximate surface area is 198 Å². The molecule has 180 valence electrons. The Morgan fingerprint density at radius 3 is 2.76 bits per heavy atom. The molecule has 0 bridgehead atoms. The monoisotopic (exact) mass is 478 g/mol. The van der Waals surface area contributed by atoms with Gasteiger partial charge in [0.05, 0.1) is 24.8 Å². The molecule has 1 saturated carbocycles. The van der Waals surface area contributed by atoms with E-state index < -0.39 is 5.60 Å². The third-order valence-electron chi connectivity index (χ3n) is 6.92. The topological polar surface area (TPSA) is 84.4 Å². The highest BCUT2D eigenvalue weighted by Gasteiger charge is 2.48. The summed E-state index contributed by atoms with van der Waals surface area (Å²) in [5.41, 5.74) is -0.251.